The molecule has 0 fully saturated rings. The molecule has 0 N–H and O–H groups in total. The van der Waals surface area contributed by atoms with Crippen LogP contribution in [0.15, 0.2) is 67.3 Å². The molecular formula is C19H18ClN3O2. The van der Waals surface area contributed by atoms with Crippen LogP contribution in [0.3, 0.4) is 0 Å². The van der Waals surface area contributed by atoms with Crippen LogP contribution in [0, 0.1) is 5.21 Å². The lowest BCUT2D eigenvalue weighted by Crippen LogP contribution is -2.22. The Labute approximate surface area is 151 Å². The summed E-state index contributed by atoms with van der Waals surface area (Å²) in [5.41, 5.74) is 2.39. The summed E-state index contributed by atoms with van der Waals surface area (Å²) in [5.74, 6) is 0.765. The minimum absolute atomic E-state index is 0.247. The van der Waals surface area contributed by atoms with Crippen LogP contribution in [-0.4, -0.2) is 27.1 Å². The number of hydrogen-bond acceptors (Lipinski definition) is 3. The van der Waals surface area contributed by atoms with Crippen molar-refractivity contribution in [2.75, 3.05) is 7.11 Å². The van der Waals surface area contributed by atoms with Gasteiger partial charge in [-0.1, -0.05) is 11.6 Å². The number of rotatable bonds is 6. The molecule has 0 aliphatic carbocycles. The van der Waals surface area contributed by atoms with E-state index in [9.17, 15) is 5.21 Å². The fourth-order valence-electron chi connectivity index (χ4n) is 2.50. The van der Waals surface area contributed by atoms with E-state index in [-0.39, 0.29) is 6.54 Å². The monoisotopic (exact) mass is 355 g/mol. The number of imidazole rings is 1. The van der Waals surface area contributed by atoms with E-state index in [0.717, 1.165) is 21.6 Å². The molecular weight excluding hydrogens is 338 g/mol. The maximum absolute atomic E-state index is 12.9. The number of nitrogens with zero attached hydrogens (tertiary/aromatic N) is 3. The molecule has 0 radical (unpaired) electrons. The Hall–Kier alpha value is -2.79. The molecule has 25 heavy (non-hydrogen) atoms. The molecule has 1 heterocycles. The van der Waals surface area contributed by atoms with Crippen molar-refractivity contribution in [1.82, 2.24) is 9.55 Å². The summed E-state index contributed by atoms with van der Waals surface area (Å²) in [4.78, 5) is 4.04. The van der Waals surface area contributed by atoms with Crippen molar-refractivity contribution in [3.05, 3.63) is 88.6 Å². The topological polar surface area (TPSA) is 53.1 Å². The molecule has 0 saturated carbocycles. The molecule has 1 aromatic heterocycles. The maximum Gasteiger partial charge on any atom is 0.214 e. The number of halogens is 1. The zero-order valence-corrected chi connectivity index (χ0v) is 14.6. The summed E-state index contributed by atoms with van der Waals surface area (Å²) in [6.07, 6.45) is 5.21. The highest BCUT2D eigenvalue weighted by atomic mass is 35.5. The number of hydroxylamine groups is 1. The number of benzene rings is 2. The van der Waals surface area contributed by atoms with Gasteiger partial charge >= 0.3 is 0 Å². The molecule has 0 unspecified atom stereocenters. The number of ether oxygens (including phenoxy) is 1. The van der Waals surface area contributed by atoms with Crippen molar-refractivity contribution >= 4 is 17.3 Å². The highest BCUT2D eigenvalue weighted by molar-refractivity contribution is 6.30. The van der Waals surface area contributed by atoms with Gasteiger partial charge in [0.2, 0.25) is 5.71 Å². The fraction of sp³-hybridized carbons (Fsp3) is 0.158. The Morgan fingerprint density at radius 3 is 2.48 bits per heavy atom. The van der Waals surface area contributed by atoms with Gasteiger partial charge in [-0.05, 0) is 48.5 Å². The maximum atomic E-state index is 12.9. The third-order valence-electron chi connectivity index (χ3n) is 3.86. The van der Waals surface area contributed by atoms with Gasteiger partial charge in [0, 0.05) is 28.5 Å². The van der Waals surface area contributed by atoms with Crippen LogP contribution >= 0.6 is 11.6 Å². The standard InChI is InChI=1S/C19H18ClN3O2/c1-25-18-8-2-15(3-9-18)12-23(24)19(13-22-11-10-21-14-22)16-4-6-17(20)7-5-16/h2-11,14H,12-13H2,1H3/b23-19+. The number of methoxy groups -OCH3 is 1. The largest absolute Gasteiger partial charge is 0.623 e. The van der Waals surface area contributed by atoms with Gasteiger partial charge in [0.25, 0.3) is 0 Å². The van der Waals surface area contributed by atoms with Crippen LogP contribution in [0.4, 0.5) is 0 Å². The van der Waals surface area contributed by atoms with E-state index in [4.69, 9.17) is 16.3 Å². The zero-order valence-electron chi connectivity index (χ0n) is 13.8. The van der Waals surface area contributed by atoms with Gasteiger partial charge in [0.15, 0.2) is 6.54 Å². The van der Waals surface area contributed by atoms with Crippen molar-refractivity contribution in [3.63, 3.8) is 0 Å². The quantitative estimate of drug-likeness (QED) is 0.293. The predicted octanol–water partition coefficient (Wildman–Crippen LogP) is 3.74. The first kappa shape index (κ1) is 17.0. The molecule has 0 amide bonds. The summed E-state index contributed by atoms with van der Waals surface area (Å²) in [6.45, 7) is 0.679. The Kier molecular flexibility index (Phi) is 5.36. The fourth-order valence-corrected chi connectivity index (χ4v) is 2.63. The van der Waals surface area contributed by atoms with E-state index in [0.29, 0.717) is 17.3 Å². The minimum Gasteiger partial charge on any atom is -0.623 e. The van der Waals surface area contributed by atoms with Crippen LogP contribution in [0.1, 0.15) is 11.1 Å². The zero-order chi connectivity index (χ0) is 17.6. The van der Waals surface area contributed by atoms with Gasteiger partial charge in [-0.2, -0.15) is 0 Å². The highest BCUT2D eigenvalue weighted by Gasteiger charge is 2.15. The number of aromatic nitrogens is 2. The second-order valence-electron chi connectivity index (χ2n) is 5.57. The molecule has 0 aliphatic rings. The molecule has 0 atom stereocenters. The van der Waals surface area contributed by atoms with Gasteiger partial charge in [0.1, 0.15) is 12.3 Å². The van der Waals surface area contributed by atoms with Crippen molar-refractivity contribution in [1.29, 1.82) is 0 Å². The van der Waals surface area contributed by atoms with Crippen molar-refractivity contribution in [3.8, 4) is 5.75 Å². The second-order valence-corrected chi connectivity index (χ2v) is 6.01. The first-order valence-electron chi connectivity index (χ1n) is 7.81. The molecule has 3 rings (SSSR count). The average molecular weight is 356 g/mol. The summed E-state index contributed by atoms with van der Waals surface area (Å²) in [7, 11) is 1.62. The lowest BCUT2D eigenvalue weighted by molar-refractivity contribution is -0.475. The molecule has 0 aliphatic heterocycles. The first-order valence-corrected chi connectivity index (χ1v) is 8.18. The van der Waals surface area contributed by atoms with Gasteiger partial charge < -0.3 is 14.5 Å². The van der Waals surface area contributed by atoms with E-state index < -0.39 is 0 Å². The van der Waals surface area contributed by atoms with Crippen LogP contribution in [0.25, 0.3) is 0 Å². The lowest BCUT2D eigenvalue weighted by atomic mass is 10.1. The van der Waals surface area contributed by atoms with Gasteiger partial charge in [0.05, 0.1) is 13.4 Å². The molecule has 0 bridgehead atoms. The molecule has 2 aromatic carbocycles. The third-order valence-corrected chi connectivity index (χ3v) is 4.11. The Bertz CT molecular complexity index is 841. The van der Waals surface area contributed by atoms with Gasteiger partial charge in [-0.25, -0.2) is 9.72 Å². The average Bonchev–Trinajstić information content (AvgIpc) is 3.14. The Morgan fingerprint density at radius 1 is 1.16 bits per heavy atom. The highest BCUT2D eigenvalue weighted by Crippen LogP contribution is 2.14. The summed E-state index contributed by atoms with van der Waals surface area (Å²) in [6, 6.07) is 14.8. The van der Waals surface area contributed by atoms with Crippen LogP contribution in [-0.2, 0) is 13.1 Å². The smallest absolute Gasteiger partial charge is 0.214 e. The SMILES string of the molecule is COc1ccc(C/[N+]([O-])=C(/Cn2ccnc2)c2ccc(Cl)cc2)cc1. The third kappa shape index (κ3) is 4.39. The molecule has 3 aromatic rings. The normalized spacial score (nSPS) is 11.9. The molecule has 5 nitrogen and oxygen atoms in total. The van der Waals surface area contributed by atoms with Crippen LogP contribution in [0.5, 0.6) is 5.75 Å². The first-order chi connectivity index (χ1) is 12.2. The summed E-state index contributed by atoms with van der Waals surface area (Å²) >= 11 is 5.97. The van der Waals surface area contributed by atoms with E-state index in [1.54, 1.807) is 31.8 Å². The van der Waals surface area contributed by atoms with Crippen LogP contribution in [0.2, 0.25) is 5.02 Å². The van der Waals surface area contributed by atoms with E-state index >= 15 is 0 Å². The molecule has 6 heteroatoms. The predicted molar refractivity (Wildman–Crippen MR) is 98.1 cm³/mol. The number of hydrogen-bond donors (Lipinski definition) is 0. The van der Waals surface area contributed by atoms with E-state index in [1.165, 1.54) is 0 Å². The molecule has 0 spiro atoms. The summed E-state index contributed by atoms with van der Waals surface area (Å²) < 4.78 is 8.02. The Morgan fingerprint density at radius 2 is 1.88 bits per heavy atom. The van der Waals surface area contributed by atoms with Gasteiger partial charge in [-0.3, -0.25) is 0 Å². The van der Waals surface area contributed by atoms with Crippen molar-refractivity contribution in [2.45, 2.75) is 13.1 Å². The Balaban J connectivity index is 1.92. The second kappa shape index (κ2) is 7.85. The van der Waals surface area contributed by atoms with Crippen molar-refractivity contribution < 1.29 is 9.48 Å². The summed E-state index contributed by atoms with van der Waals surface area (Å²) in [5, 5.41) is 13.5. The minimum atomic E-state index is 0.247. The van der Waals surface area contributed by atoms with Crippen molar-refractivity contribution in [2.24, 2.45) is 0 Å². The van der Waals surface area contributed by atoms with Crippen LogP contribution < -0.4 is 4.74 Å². The van der Waals surface area contributed by atoms with Gasteiger partial charge in [-0.15, -0.1) is 0 Å². The molecule has 0 saturated heterocycles. The van der Waals surface area contributed by atoms with E-state index in [2.05, 4.69) is 4.98 Å². The lowest BCUT2D eigenvalue weighted by Gasteiger charge is -2.13. The van der Waals surface area contributed by atoms with E-state index in [1.807, 2.05) is 47.2 Å². The molecule has 128 valence electrons.